The first-order chi connectivity index (χ1) is 8.83. The number of carbonyl (C=O) groups excluding carboxylic acids is 1. The van der Waals surface area contributed by atoms with Crippen LogP contribution in [0.15, 0.2) is 18.2 Å². The highest BCUT2D eigenvalue weighted by atomic mass is 19.4. The van der Waals surface area contributed by atoms with Gasteiger partial charge in [0.15, 0.2) is 0 Å². The minimum Gasteiger partial charge on any atom is -0.493 e. The average Bonchev–Trinajstić information content (AvgIpc) is 2.33. The molecular formula is C12H14F3NO3. The van der Waals surface area contributed by atoms with Crippen LogP contribution in [0.2, 0.25) is 0 Å². The van der Waals surface area contributed by atoms with Crippen LogP contribution in [0, 0.1) is 0 Å². The van der Waals surface area contributed by atoms with Crippen molar-refractivity contribution in [1.82, 2.24) is 0 Å². The molecule has 1 aromatic carbocycles. The third-order valence-corrected chi connectivity index (χ3v) is 2.27. The van der Waals surface area contributed by atoms with Crippen molar-refractivity contribution in [2.45, 2.75) is 19.0 Å². The van der Waals surface area contributed by atoms with Crippen LogP contribution in [0.25, 0.3) is 0 Å². The number of methoxy groups -OCH3 is 1. The van der Waals surface area contributed by atoms with Gasteiger partial charge in [-0.1, -0.05) is 0 Å². The van der Waals surface area contributed by atoms with E-state index < -0.39 is 18.6 Å². The number of hydrogen-bond acceptors (Lipinski definition) is 4. The Morgan fingerprint density at radius 3 is 2.63 bits per heavy atom. The van der Waals surface area contributed by atoms with Gasteiger partial charge < -0.3 is 15.2 Å². The molecule has 4 nitrogen and oxygen atoms in total. The summed E-state index contributed by atoms with van der Waals surface area (Å²) in [4.78, 5) is 11.4. The van der Waals surface area contributed by atoms with E-state index in [1.807, 2.05) is 0 Å². The van der Waals surface area contributed by atoms with Gasteiger partial charge >= 0.3 is 12.1 Å². The monoisotopic (exact) mass is 277 g/mol. The SMILES string of the molecule is COC(=O)c1ccc(N)cc1OCCCC(F)(F)F. The van der Waals surface area contributed by atoms with Crippen LogP contribution < -0.4 is 10.5 Å². The molecule has 0 aromatic heterocycles. The Labute approximate surface area is 108 Å². The van der Waals surface area contributed by atoms with Gasteiger partial charge in [0.05, 0.1) is 13.7 Å². The minimum atomic E-state index is -4.22. The summed E-state index contributed by atoms with van der Waals surface area (Å²) < 4.78 is 45.6. The lowest BCUT2D eigenvalue weighted by molar-refractivity contribution is -0.136. The Bertz CT molecular complexity index is 446. The molecule has 106 valence electrons. The van der Waals surface area contributed by atoms with E-state index in [0.717, 1.165) is 0 Å². The Balaban J connectivity index is 2.66. The zero-order chi connectivity index (χ0) is 14.5. The second-order valence-electron chi connectivity index (χ2n) is 3.81. The Morgan fingerprint density at radius 2 is 2.05 bits per heavy atom. The number of halogens is 3. The van der Waals surface area contributed by atoms with Crippen molar-refractivity contribution < 1.29 is 27.4 Å². The number of anilines is 1. The number of nitrogens with two attached hydrogens (primary N) is 1. The predicted octanol–water partition coefficient (Wildman–Crippen LogP) is 2.78. The smallest absolute Gasteiger partial charge is 0.389 e. The summed E-state index contributed by atoms with van der Waals surface area (Å²) in [6.07, 6.45) is -5.36. The largest absolute Gasteiger partial charge is 0.493 e. The van der Waals surface area contributed by atoms with E-state index in [-0.39, 0.29) is 24.3 Å². The number of alkyl halides is 3. The van der Waals surface area contributed by atoms with Crippen LogP contribution in [0.3, 0.4) is 0 Å². The predicted molar refractivity (Wildman–Crippen MR) is 63.0 cm³/mol. The van der Waals surface area contributed by atoms with Gasteiger partial charge in [-0.15, -0.1) is 0 Å². The van der Waals surface area contributed by atoms with Gasteiger partial charge in [-0.05, 0) is 18.6 Å². The number of ether oxygens (including phenoxy) is 2. The van der Waals surface area contributed by atoms with Crippen LogP contribution in [0.5, 0.6) is 5.75 Å². The first kappa shape index (κ1) is 15.1. The molecule has 0 bridgehead atoms. The molecule has 0 spiro atoms. The van der Waals surface area contributed by atoms with Gasteiger partial charge in [0, 0.05) is 18.2 Å². The summed E-state index contributed by atoms with van der Waals surface area (Å²) in [5, 5.41) is 0. The average molecular weight is 277 g/mol. The summed E-state index contributed by atoms with van der Waals surface area (Å²) in [6, 6.07) is 4.26. The van der Waals surface area contributed by atoms with Crippen molar-refractivity contribution in [2.75, 3.05) is 19.5 Å². The zero-order valence-corrected chi connectivity index (χ0v) is 10.3. The van der Waals surface area contributed by atoms with Gasteiger partial charge in [-0.3, -0.25) is 0 Å². The summed E-state index contributed by atoms with van der Waals surface area (Å²) in [7, 11) is 1.20. The molecule has 0 saturated carbocycles. The molecule has 7 heteroatoms. The number of hydrogen-bond donors (Lipinski definition) is 1. The van der Waals surface area contributed by atoms with E-state index in [0.29, 0.717) is 5.69 Å². The maximum Gasteiger partial charge on any atom is 0.389 e. The molecule has 0 aliphatic heterocycles. The fraction of sp³-hybridized carbons (Fsp3) is 0.417. The fourth-order valence-corrected chi connectivity index (χ4v) is 1.39. The Kier molecular flexibility index (Phi) is 5.02. The molecule has 0 heterocycles. The summed E-state index contributed by atoms with van der Waals surface area (Å²) >= 11 is 0. The lowest BCUT2D eigenvalue weighted by Crippen LogP contribution is -2.11. The Morgan fingerprint density at radius 1 is 1.37 bits per heavy atom. The summed E-state index contributed by atoms with van der Waals surface area (Å²) in [5.41, 5.74) is 6.00. The van der Waals surface area contributed by atoms with Gasteiger partial charge in [0.1, 0.15) is 11.3 Å². The van der Waals surface area contributed by atoms with Crippen molar-refractivity contribution in [3.05, 3.63) is 23.8 Å². The van der Waals surface area contributed by atoms with Crippen molar-refractivity contribution >= 4 is 11.7 Å². The van der Waals surface area contributed by atoms with E-state index in [2.05, 4.69) is 4.74 Å². The number of rotatable bonds is 5. The highest BCUT2D eigenvalue weighted by molar-refractivity contribution is 5.93. The first-order valence-corrected chi connectivity index (χ1v) is 5.51. The lowest BCUT2D eigenvalue weighted by atomic mass is 10.2. The third kappa shape index (κ3) is 5.07. The van der Waals surface area contributed by atoms with Gasteiger partial charge in [-0.25, -0.2) is 4.79 Å². The molecule has 2 N–H and O–H groups in total. The quantitative estimate of drug-likeness (QED) is 0.510. The van der Waals surface area contributed by atoms with E-state index in [4.69, 9.17) is 10.5 Å². The second-order valence-corrected chi connectivity index (χ2v) is 3.81. The molecule has 0 unspecified atom stereocenters. The standard InChI is InChI=1S/C12H14F3NO3/c1-18-11(17)9-4-3-8(16)7-10(9)19-6-2-5-12(13,14)15/h3-4,7H,2,5-6,16H2,1H3. The highest BCUT2D eigenvalue weighted by Gasteiger charge is 2.26. The van der Waals surface area contributed by atoms with E-state index >= 15 is 0 Å². The van der Waals surface area contributed by atoms with Crippen molar-refractivity contribution in [2.24, 2.45) is 0 Å². The van der Waals surface area contributed by atoms with Gasteiger partial charge in [0.2, 0.25) is 0 Å². The molecule has 0 atom stereocenters. The number of nitrogen functional groups attached to an aromatic ring is 1. The maximum atomic E-state index is 12.0. The first-order valence-electron chi connectivity index (χ1n) is 5.51. The molecule has 0 aliphatic carbocycles. The summed E-state index contributed by atoms with van der Waals surface area (Å²) in [5.74, 6) is -0.514. The highest BCUT2D eigenvalue weighted by Crippen LogP contribution is 2.24. The molecule has 1 aromatic rings. The molecule has 0 saturated heterocycles. The lowest BCUT2D eigenvalue weighted by Gasteiger charge is -2.11. The molecule has 19 heavy (non-hydrogen) atoms. The number of carbonyl (C=O) groups is 1. The van der Waals surface area contributed by atoms with Crippen LogP contribution >= 0.6 is 0 Å². The van der Waals surface area contributed by atoms with Crippen LogP contribution in [-0.4, -0.2) is 25.9 Å². The van der Waals surface area contributed by atoms with Crippen LogP contribution in [-0.2, 0) is 4.74 Å². The third-order valence-electron chi connectivity index (χ3n) is 2.27. The normalized spacial score (nSPS) is 11.2. The van der Waals surface area contributed by atoms with E-state index in [9.17, 15) is 18.0 Å². The van der Waals surface area contributed by atoms with E-state index in [1.165, 1.54) is 25.3 Å². The molecule has 0 fully saturated rings. The fourth-order valence-electron chi connectivity index (χ4n) is 1.39. The molecule has 0 radical (unpaired) electrons. The van der Waals surface area contributed by atoms with Gasteiger partial charge in [0.25, 0.3) is 0 Å². The maximum absolute atomic E-state index is 12.0. The molecule has 1 rings (SSSR count). The molecule has 0 amide bonds. The number of benzene rings is 1. The van der Waals surface area contributed by atoms with Crippen molar-refractivity contribution in [3.8, 4) is 5.75 Å². The van der Waals surface area contributed by atoms with Crippen molar-refractivity contribution in [3.63, 3.8) is 0 Å². The van der Waals surface area contributed by atoms with Gasteiger partial charge in [-0.2, -0.15) is 13.2 Å². The zero-order valence-electron chi connectivity index (χ0n) is 10.3. The van der Waals surface area contributed by atoms with E-state index in [1.54, 1.807) is 0 Å². The van der Waals surface area contributed by atoms with Crippen molar-refractivity contribution in [1.29, 1.82) is 0 Å². The topological polar surface area (TPSA) is 61.5 Å². The minimum absolute atomic E-state index is 0.119. The van der Waals surface area contributed by atoms with Crippen LogP contribution in [0.4, 0.5) is 18.9 Å². The summed E-state index contributed by atoms with van der Waals surface area (Å²) in [6.45, 7) is -0.160. The van der Waals surface area contributed by atoms with Crippen LogP contribution in [0.1, 0.15) is 23.2 Å². The molecular weight excluding hydrogens is 263 g/mol. The Hall–Kier alpha value is -1.92. The second kappa shape index (κ2) is 6.31. The number of esters is 1. The molecule has 0 aliphatic rings.